The molecule has 5 heterocycles. The predicted octanol–water partition coefficient (Wildman–Crippen LogP) is 5.44. The number of H-pyrrole nitrogens is 2. The van der Waals surface area contributed by atoms with E-state index < -0.39 is 0 Å². The lowest BCUT2D eigenvalue weighted by molar-refractivity contribution is 0.476. The summed E-state index contributed by atoms with van der Waals surface area (Å²) in [4.78, 5) is 16.2. The topological polar surface area (TPSA) is 95.6 Å². The minimum atomic E-state index is 0.319. The zero-order valence-corrected chi connectivity index (χ0v) is 20.3. The monoisotopic (exact) mass is 479 g/mol. The van der Waals surface area contributed by atoms with E-state index in [9.17, 15) is 0 Å². The van der Waals surface area contributed by atoms with Crippen LogP contribution in [-0.2, 0) is 6.54 Å². The van der Waals surface area contributed by atoms with Crippen LogP contribution in [0.2, 0.25) is 0 Å². The maximum Gasteiger partial charge on any atom is 0.152 e. The van der Waals surface area contributed by atoms with Crippen molar-refractivity contribution in [2.45, 2.75) is 38.8 Å². The first kappa shape index (κ1) is 21.4. The molecule has 8 heteroatoms. The highest BCUT2D eigenvalue weighted by Crippen LogP contribution is 2.45. The van der Waals surface area contributed by atoms with Gasteiger partial charge < -0.3 is 29.9 Å². The smallest absolute Gasteiger partial charge is 0.152 e. The fourth-order valence-corrected chi connectivity index (χ4v) is 5.38. The van der Waals surface area contributed by atoms with Crippen LogP contribution in [0, 0.1) is 0 Å². The van der Waals surface area contributed by atoms with Crippen molar-refractivity contribution >= 4 is 10.9 Å². The summed E-state index contributed by atoms with van der Waals surface area (Å²) < 4.78 is 8.65. The quantitative estimate of drug-likeness (QED) is 0.229. The molecule has 3 aromatic heterocycles. The molecule has 1 fully saturated rings. The van der Waals surface area contributed by atoms with Gasteiger partial charge in [-0.3, -0.25) is 0 Å². The Morgan fingerprint density at radius 2 is 2.00 bits per heavy atom. The second kappa shape index (κ2) is 8.65. The van der Waals surface area contributed by atoms with E-state index in [0.717, 1.165) is 94.7 Å². The Kier molecular flexibility index (Phi) is 5.15. The number of hydrogen-bond donors (Lipinski definition) is 4. The molecule has 1 atom stereocenters. The molecule has 1 unspecified atom stereocenters. The van der Waals surface area contributed by atoms with E-state index >= 15 is 0 Å². The minimum Gasteiger partial charge on any atom is -0.453 e. The minimum absolute atomic E-state index is 0.319. The van der Waals surface area contributed by atoms with E-state index in [0.29, 0.717) is 6.04 Å². The SMILES string of the molecule is CCCNCc1ncc(-c2ccc3c(c2)Oc2ccc(-c4cnc(C5CCCN5)[nH]4)c4ccn-3c24)[nH]1. The molecule has 2 aliphatic heterocycles. The Morgan fingerprint density at radius 1 is 1.06 bits per heavy atom. The Labute approximate surface area is 209 Å². The molecule has 0 aliphatic carbocycles. The van der Waals surface area contributed by atoms with E-state index in [1.165, 1.54) is 6.42 Å². The van der Waals surface area contributed by atoms with Gasteiger partial charge in [0.2, 0.25) is 0 Å². The van der Waals surface area contributed by atoms with Crippen molar-refractivity contribution in [2.75, 3.05) is 13.1 Å². The fraction of sp³-hybridized carbons (Fsp3) is 0.286. The molecule has 4 N–H and O–H groups in total. The van der Waals surface area contributed by atoms with Gasteiger partial charge in [0.25, 0.3) is 0 Å². The van der Waals surface area contributed by atoms with E-state index in [1.54, 1.807) is 0 Å². The van der Waals surface area contributed by atoms with Crippen LogP contribution in [0.1, 0.15) is 43.9 Å². The average Bonchev–Trinajstić information content (AvgIpc) is 3.71. The Balaban J connectivity index is 1.21. The number of aromatic amines is 2. The predicted molar refractivity (Wildman–Crippen MR) is 140 cm³/mol. The first-order valence-corrected chi connectivity index (χ1v) is 12.8. The van der Waals surface area contributed by atoms with Crippen LogP contribution in [0.4, 0.5) is 0 Å². The number of ether oxygens (including phenoxy) is 1. The molecule has 5 aromatic rings. The first-order chi connectivity index (χ1) is 17.8. The molecule has 7 rings (SSSR count). The van der Waals surface area contributed by atoms with Crippen LogP contribution >= 0.6 is 0 Å². The molecule has 0 spiro atoms. The van der Waals surface area contributed by atoms with Crippen molar-refractivity contribution in [1.82, 2.24) is 35.1 Å². The van der Waals surface area contributed by atoms with Crippen molar-refractivity contribution in [2.24, 2.45) is 0 Å². The van der Waals surface area contributed by atoms with Crippen molar-refractivity contribution < 1.29 is 4.74 Å². The molecule has 2 aromatic carbocycles. The molecule has 0 bridgehead atoms. The molecule has 2 aliphatic rings. The zero-order valence-electron chi connectivity index (χ0n) is 20.3. The van der Waals surface area contributed by atoms with Gasteiger partial charge in [0.05, 0.1) is 47.6 Å². The summed E-state index contributed by atoms with van der Waals surface area (Å²) in [5.74, 6) is 3.65. The summed E-state index contributed by atoms with van der Waals surface area (Å²) >= 11 is 0. The number of aromatic nitrogens is 5. The van der Waals surface area contributed by atoms with Gasteiger partial charge in [-0.2, -0.15) is 0 Å². The van der Waals surface area contributed by atoms with Crippen LogP contribution in [0.15, 0.2) is 55.0 Å². The maximum atomic E-state index is 6.43. The second-order valence-corrected chi connectivity index (χ2v) is 9.60. The van der Waals surface area contributed by atoms with Gasteiger partial charge in [-0.1, -0.05) is 13.0 Å². The lowest BCUT2D eigenvalue weighted by Crippen LogP contribution is -2.14. The maximum absolute atomic E-state index is 6.43. The molecule has 0 saturated carbocycles. The van der Waals surface area contributed by atoms with Gasteiger partial charge in [-0.05, 0) is 62.7 Å². The Morgan fingerprint density at radius 3 is 2.89 bits per heavy atom. The molecule has 1 saturated heterocycles. The number of nitrogens with one attached hydrogen (secondary N) is 4. The van der Waals surface area contributed by atoms with Gasteiger partial charge in [0.15, 0.2) is 11.5 Å². The first-order valence-electron chi connectivity index (χ1n) is 12.8. The van der Waals surface area contributed by atoms with Crippen LogP contribution in [0.5, 0.6) is 11.5 Å². The molecule has 0 amide bonds. The summed E-state index contributed by atoms with van der Waals surface area (Å²) in [6.45, 7) is 4.93. The van der Waals surface area contributed by atoms with Crippen LogP contribution in [0.25, 0.3) is 39.1 Å². The standard InChI is InChI=1S/C28H29N7O/c1-2-10-29-16-26-31-14-21(33-26)17-5-7-23-25(13-17)36-24-8-6-18(19-9-12-35(23)27(19)24)22-15-32-28(34-22)20-4-3-11-30-20/h5-9,12-15,20,29-30H,2-4,10-11,16H2,1H3,(H,31,33)(H,32,34). The van der Waals surface area contributed by atoms with Crippen LogP contribution in [-0.4, -0.2) is 37.6 Å². The summed E-state index contributed by atoms with van der Waals surface area (Å²) in [7, 11) is 0. The average molecular weight is 480 g/mol. The van der Waals surface area contributed by atoms with Gasteiger partial charge in [0, 0.05) is 22.7 Å². The molecular formula is C28H29N7O. The fourth-order valence-electron chi connectivity index (χ4n) is 5.38. The van der Waals surface area contributed by atoms with Gasteiger partial charge >= 0.3 is 0 Å². The molecule has 182 valence electrons. The number of hydrogen-bond acceptors (Lipinski definition) is 5. The van der Waals surface area contributed by atoms with Crippen molar-refractivity contribution in [3.05, 3.63) is 66.6 Å². The highest BCUT2D eigenvalue weighted by molar-refractivity contribution is 6.00. The largest absolute Gasteiger partial charge is 0.453 e. The Hall–Kier alpha value is -3.88. The number of fused-ring (bicyclic) bond motifs is 2. The van der Waals surface area contributed by atoms with Crippen LogP contribution < -0.4 is 15.4 Å². The normalized spacial score (nSPS) is 16.4. The summed E-state index contributed by atoms with van der Waals surface area (Å²) in [5.41, 5.74) is 6.32. The summed E-state index contributed by atoms with van der Waals surface area (Å²) in [6.07, 6.45) is 9.39. The highest BCUT2D eigenvalue weighted by Gasteiger charge is 2.24. The van der Waals surface area contributed by atoms with Gasteiger partial charge in [-0.25, -0.2) is 9.97 Å². The van der Waals surface area contributed by atoms with Crippen LogP contribution in [0.3, 0.4) is 0 Å². The molecular weight excluding hydrogens is 450 g/mol. The number of benzene rings is 2. The van der Waals surface area contributed by atoms with E-state index in [2.05, 4.69) is 84.7 Å². The number of imidazole rings is 2. The number of rotatable bonds is 7. The zero-order chi connectivity index (χ0) is 24.1. The lowest BCUT2D eigenvalue weighted by atomic mass is 10.1. The van der Waals surface area contributed by atoms with Crippen molar-refractivity contribution in [1.29, 1.82) is 0 Å². The Bertz CT molecular complexity index is 1550. The summed E-state index contributed by atoms with van der Waals surface area (Å²) in [6, 6.07) is 13.0. The highest BCUT2D eigenvalue weighted by atomic mass is 16.5. The second-order valence-electron chi connectivity index (χ2n) is 9.60. The molecule has 8 nitrogen and oxygen atoms in total. The molecule has 0 radical (unpaired) electrons. The van der Waals surface area contributed by atoms with E-state index in [4.69, 9.17) is 4.74 Å². The van der Waals surface area contributed by atoms with Crippen molar-refractivity contribution in [3.8, 4) is 39.7 Å². The van der Waals surface area contributed by atoms with E-state index in [-0.39, 0.29) is 0 Å². The van der Waals surface area contributed by atoms with Gasteiger partial charge in [-0.15, -0.1) is 0 Å². The lowest BCUT2D eigenvalue weighted by Gasteiger charge is -2.21. The van der Waals surface area contributed by atoms with E-state index in [1.807, 2.05) is 12.4 Å². The third-order valence-electron chi connectivity index (χ3n) is 7.19. The van der Waals surface area contributed by atoms with Crippen molar-refractivity contribution in [3.63, 3.8) is 0 Å². The third-order valence-corrected chi connectivity index (χ3v) is 7.19. The number of nitrogens with zero attached hydrogens (tertiary/aromatic N) is 3. The third kappa shape index (κ3) is 3.53. The molecule has 36 heavy (non-hydrogen) atoms. The summed E-state index contributed by atoms with van der Waals surface area (Å²) in [5, 5.41) is 8.05. The van der Waals surface area contributed by atoms with Gasteiger partial charge in [0.1, 0.15) is 11.6 Å².